The minimum atomic E-state index is -0.108. The van der Waals surface area contributed by atoms with Crippen LogP contribution >= 0.6 is 95.6 Å². The zero-order valence-corrected chi connectivity index (χ0v) is 49.0. The predicted molar refractivity (Wildman–Crippen MR) is 325 cm³/mol. The summed E-state index contributed by atoms with van der Waals surface area (Å²) in [6.45, 7) is 0. The van der Waals surface area contributed by atoms with Crippen LogP contribution in [0.15, 0.2) is 245 Å². The van der Waals surface area contributed by atoms with Gasteiger partial charge in [-0.25, -0.2) is 0 Å². The summed E-state index contributed by atoms with van der Waals surface area (Å²) in [4.78, 5) is 2.16. The molecule has 0 heterocycles. The maximum atomic E-state index is 11.4. The Hall–Kier alpha value is -6.65. The lowest BCUT2D eigenvalue weighted by molar-refractivity contribution is 0.976. The number of halogens is 6. The summed E-state index contributed by atoms with van der Waals surface area (Å²) in [7, 11) is 0. The molecule has 0 N–H and O–H groups in total. The van der Waals surface area contributed by atoms with Gasteiger partial charge < -0.3 is 4.90 Å². The van der Waals surface area contributed by atoms with Gasteiger partial charge in [0.1, 0.15) is 18.2 Å². The molecule has 0 aromatic heterocycles. The predicted octanol–water partition coefficient (Wildman–Crippen LogP) is 20.7. The Morgan fingerprint density at radius 1 is 0.253 bits per heavy atom. The van der Waals surface area contributed by atoms with Crippen LogP contribution in [0, 0.1) is 34.0 Å². The Morgan fingerprint density at radius 2 is 0.427 bits per heavy atom. The summed E-state index contributed by atoms with van der Waals surface area (Å²) < 4.78 is 5.88. The second-order valence-corrected chi connectivity index (χ2v) is 23.2. The number of nitrogens with zero attached hydrogens (tertiary/aromatic N) is 4. The number of nitriles is 3. The first-order chi connectivity index (χ1) is 36.5. The summed E-state index contributed by atoms with van der Waals surface area (Å²) in [6.07, 6.45) is 0. The summed E-state index contributed by atoms with van der Waals surface area (Å²) in [6, 6.07) is 81.5. The van der Waals surface area contributed by atoms with Gasteiger partial charge in [0.15, 0.2) is 0 Å². The van der Waals surface area contributed by atoms with E-state index in [1.807, 2.05) is 121 Å². The fourth-order valence-corrected chi connectivity index (χ4v) is 11.4. The highest BCUT2D eigenvalue weighted by Crippen LogP contribution is 2.47. The molecule has 0 fully saturated rings. The maximum absolute atomic E-state index is 11.4. The molecule has 0 spiro atoms. The molecule has 10 heteroatoms. The van der Waals surface area contributed by atoms with Gasteiger partial charge in [0.25, 0.3) is 0 Å². The van der Waals surface area contributed by atoms with E-state index in [1.165, 1.54) is 0 Å². The van der Waals surface area contributed by atoms with Crippen molar-refractivity contribution >= 4 is 113 Å². The summed E-state index contributed by atoms with van der Waals surface area (Å²) in [5.74, 6) is -0.216. The Balaban J connectivity index is 1.17. The topological polar surface area (TPSA) is 74.6 Å². The largest absolute Gasteiger partial charge is 0.311 e. The molecule has 360 valence electrons. The molecule has 0 radical (unpaired) electrons. The molecule has 0 atom stereocenters. The van der Waals surface area contributed by atoms with E-state index in [4.69, 9.17) is 0 Å². The summed E-state index contributed by atoms with van der Waals surface area (Å²) >= 11 is 21.7. The highest BCUT2D eigenvalue weighted by molar-refractivity contribution is 9.11. The van der Waals surface area contributed by atoms with Gasteiger partial charge >= 0.3 is 0 Å². The van der Waals surface area contributed by atoms with Gasteiger partial charge in [0.05, 0.1) is 16.7 Å². The van der Waals surface area contributed by atoms with E-state index < -0.39 is 0 Å². The van der Waals surface area contributed by atoms with Crippen molar-refractivity contribution < 1.29 is 0 Å². The van der Waals surface area contributed by atoms with Gasteiger partial charge in [-0.1, -0.05) is 205 Å². The molecule has 0 amide bonds. The first-order valence-electron chi connectivity index (χ1n) is 23.6. The number of hydrogen-bond acceptors (Lipinski definition) is 4. The number of rotatable bonds is 12. The van der Waals surface area contributed by atoms with Gasteiger partial charge in [-0.15, -0.1) is 0 Å². The molecule has 4 nitrogen and oxygen atoms in total. The molecular weight excluding hydrogens is 1320 g/mol. The standard InChI is InChI=1S/C65H38Br6N4/c66-49-19-9-42(10-20-49)61(43-11-21-50(67)22-12-43)40-1-5-46(6-2-40)63-58(37-72)64(47-7-3-41(4-8-47)62(44-13-23-51(68)24-14-44)45-15-25-52(69)26-16-45)60(39-74)65(59(63)38-73)48-17-31-55(32-18-48)75(56-33-27-53(70)28-34-56)57-35-29-54(71)30-36-57/h1-36,61-62H. The Bertz CT molecular complexity index is 3240. The monoisotopic (exact) mass is 1350 g/mol. The van der Waals surface area contributed by atoms with E-state index in [9.17, 15) is 15.8 Å². The van der Waals surface area contributed by atoms with E-state index in [0.29, 0.717) is 33.4 Å². The number of benzene rings is 10. The Morgan fingerprint density at radius 3 is 0.640 bits per heavy atom. The molecular formula is C65H38Br6N4. The third-order valence-corrected chi connectivity index (χ3v) is 16.5. The lowest BCUT2D eigenvalue weighted by Crippen LogP contribution is -2.09. The molecule has 75 heavy (non-hydrogen) atoms. The van der Waals surface area contributed by atoms with Gasteiger partial charge in [-0.2, -0.15) is 15.8 Å². The van der Waals surface area contributed by atoms with Crippen LogP contribution in [0.5, 0.6) is 0 Å². The zero-order chi connectivity index (χ0) is 52.2. The second-order valence-electron chi connectivity index (χ2n) is 17.7. The fourth-order valence-electron chi connectivity index (χ4n) is 9.82. The van der Waals surface area contributed by atoms with Crippen LogP contribution in [0.4, 0.5) is 17.1 Å². The lowest BCUT2D eigenvalue weighted by Gasteiger charge is -2.26. The maximum Gasteiger partial charge on any atom is 0.101 e. The first-order valence-corrected chi connectivity index (χ1v) is 28.4. The van der Waals surface area contributed by atoms with Crippen molar-refractivity contribution in [3.63, 3.8) is 0 Å². The first kappa shape index (κ1) is 51.8. The average molecular weight is 1350 g/mol. The van der Waals surface area contributed by atoms with Crippen molar-refractivity contribution in [2.24, 2.45) is 0 Å². The molecule has 0 unspecified atom stereocenters. The van der Waals surface area contributed by atoms with E-state index in [0.717, 1.165) is 77.3 Å². The zero-order valence-electron chi connectivity index (χ0n) is 39.5. The van der Waals surface area contributed by atoms with Crippen molar-refractivity contribution in [3.05, 3.63) is 295 Å². The van der Waals surface area contributed by atoms with Gasteiger partial charge in [0, 0.05) is 72.4 Å². The highest BCUT2D eigenvalue weighted by atomic mass is 79.9. The van der Waals surface area contributed by atoms with E-state index >= 15 is 0 Å². The molecule has 0 saturated heterocycles. The number of hydrogen-bond donors (Lipinski definition) is 0. The molecule has 0 aliphatic heterocycles. The van der Waals surface area contributed by atoms with Crippen molar-refractivity contribution in [1.29, 1.82) is 15.8 Å². The Labute approximate surface area is 487 Å². The van der Waals surface area contributed by atoms with Gasteiger partial charge in [-0.3, -0.25) is 0 Å². The van der Waals surface area contributed by atoms with Crippen LogP contribution in [0.3, 0.4) is 0 Å². The van der Waals surface area contributed by atoms with Crippen molar-refractivity contribution in [2.75, 3.05) is 4.90 Å². The molecule has 10 aromatic rings. The van der Waals surface area contributed by atoms with Crippen molar-refractivity contribution in [1.82, 2.24) is 0 Å². The van der Waals surface area contributed by atoms with Gasteiger partial charge in [0.2, 0.25) is 0 Å². The normalized spacial score (nSPS) is 11.0. The van der Waals surface area contributed by atoms with E-state index in [2.05, 4.69) is 216 Å². The third-order valence-electron chi connectivity index (χ3n) is 13.3. The highest BCUT2D eigenvalue weighted by Gasteiger charge is 2.29. The van der Waals surface area contributed by atoms with Crippen molar-refractivity contribution in [3.8, 4) is 51.6 Å². The van der Waals surface area contributed by atoms with Crippen LogP contribution in [-0.2, 0) is 0 Å². The molecule has 0 aliphatic rings. The third kappa shape index (κ3) is 11.0. The SMILES string of the molecule is N#Cc1c(-c2ccc(C(c3ccc(Br)cc3)c3ccc(Br)cc3)cc2)c(C#N)c(-c2ccc(N(c3ccc(Br)cc3)c3ccc(Br)cc3)cc2)c(C#N)c1-c1ccc(C(c2ccc(Br)cc2)c2ccc(Br)cc2)cc1. The quantitative estimate of drug-likeness (QED) is 0.114. The molecule has 10 rings (SSSR count). The minimum absolute atomic E-state index is 0.108. The molecule has 0 aliphatic carbocycles. The van der Waals surface area contributed by atoms with Crippen LogP contribution in [0.25, 0.3) is 33.4 Å². The van der Waals surface area contributed by atoms with Crippen LogP contribution in [0.2, 0.25) is 0 Å². The molecule has 0 bridgehead atoms. The fraction of sp³-hybridized carbons (Fsp3) is 0.0308. The van der Waals surface area contributed by atoms with E-state index in [-0.39, 0.29) is 28.5 Å². The average Bonchev–Trinajstić information content (AvgIpc) is 3.44. The number of anilines is 3. The van der Waals surface area contributed by atoms with Crippen LogP contribution in [0.1, 0.15) is 61.9 Å². The summed E-state index contributed by atoms with van der Waals surface area (Å²) in [5.41, 5.74) is 13.4. The van der Waals surface area contributed by atoms with Gasteiger partial charge in [-0.05, 0) is 159 Å². The second kappa shape index (κ2) is 23.1. The van der Waals surface area contributed by atoms with Crippen LogP contribution in [-0.4, -0.2) is 0 Å². The smallest absolute Gasteiger partial charge is 0.101 e. The minimum Gasteiger partial charge on any atom is -0.311 e. The molecule has 10 aromatic carbocycles. The summed E-state index contributed by atoms with van der Waals surface area (Å²) in [5, 5.41) is 34.3. The lowest BCUT2D eigenvalue weighted by atomic mass is 9.79. The van der Waals surface area contributed by atoms with Crippen molar-refractivity contribution in [2.45, 2.75) is 11.8 Å². The Kier molecular flexibility index (Phi) is 15.9. The van der Waals surface area contributed by atoms with E-state index in [1.54, 1.807) is 0 Å². The van der Waals surface area contributed by atoms with Crippen LogP contribution < -0.4 is 4.90 Å². The molecule has 0 saturated carbocycles.